The molecule has 7 nitrogen and oxygen atoms in total. The van der Waals surface area contributed by atoms with Crippen LogP contribution in [-0.4, -0.2) is 48.1 Å². The summed E-state index contributed by atoms with van der Waals surface area (Å²) < 4.78 is 47.7. The molecule has 4 rings (SSSR count). The average molecular weight is 418 g/mol. The van der Waals surface area contributed by atoms with E-state index in [0.29, 0.717) is 12.3 Å². The van der Waals surface area contributed by atoms with Crippen molar-refractivity contribution in [2.24, 2.45) is 0 Å². The van der Waals surface area contributed by atoms with Crippen LogP contribution in [0.2, 0.25) is 0 Å². The number of ether oxygens (including phenoxy) is 1. The number of carboxylic acid groups (broad SMARTS) is 1. The topological polar surface area (TPSA) is 88.8 Å². The lowest BCUT2D eigenvalue weighted by molar-refractivity contribution is -0.137. The Balaban J connectivity index is 1.70. The van der Waals surface area contributed by atoms with E-state index in [9.17, 15) is 22.7 Å². The third kappa shape index (κ3) is 3.36. The summed E-state index contributed by atoms with van der Waals surface area (Å²) >= 11 is 0. The van der Waals surface area contributed by atoms with Crippen LogP contribution >= 0.6 is 0 Å². The molecule has 3 aromatic rings. The summed E-state index contributed by atoms with van der Waals surface area (Å²) in [5, 5.41) is 10.1. The molecule has 9 heteroatoms. The number of aliphatic carboxylic acids is 1. The highest BCUT2D eigenvalue weighted by atomic mass is 32.2. The van der Waals surface area contributed by atoms with Crippen LogP contribution in [0.25, 0.3) is 10.9 Å². The molecule has 0 amide bonds. The third-order valence-electron chi connectivity index (χ3n) is 5.17. The fourth-order valence-electron chi connectivity index (χ4n) is 3.68. The Morgan fingerprint density at radius 3 is 2.62 bits per heavy atom. The van der Waals surface area contributed by atoms with Crippen LogP contribution in [0.3, 0.4) is 0 Å². The predicted molar refractivity (Wildman–Crippen MR) is 104 cm³/mol. The van der Waals surface area contributed by atoms with E-state index in [1.165, 1.54) is 23.5 Å². The highest BCUT2D eigenvalue weighted by molar-refractivity contribution is 7.89. The number of aromatic nitrogens is 1. The lowest BCUT2D eigenvalue weighted by Crippen LogP contribution is -2.44. The van der Waals surface area contributed by atoms with Crippen molar-refractivity contribution >= 4 is 26.9 Å². The van der Waals surface area contributed by atoms with E-state index < -0.39 is 27.9 Å². The molecule has 0 spiro atoms. The molecule has 0 aliphatic carbocycles. The van der Waals surface area contributed by atoms with E-state index >= 15 is 0 Å². The number of hydrogen-bond acceptors (Lipinski definition) is 4. The van der Waals surface area contributed by atoms with Crippen molar-refractivity contribution in [2.75, 3.05) is 13.7 Å². The molecule has 1 aliphatic rings. The maximum absolute atomic E-state index is 13.2. The first kappa shape index (κ1) is 19.4. The number of carbonyl (C=O) groups is 1. The Hall–Kier alpha value is -2.91. The lowest BCUT2D eigenvalue weighted by atomic mass is 10.0. The van der Waals surface area contributed by atoms with Crippen LogP contribution in [0.5, 0.6) is 5.88 Å². The number of hydrogen-bond donors (Lipinski definition) is 1. The number of benzene rings is 2. The van der Waals surface area contributed by atoms with Crippen molar-refractivity contribution in [1.29, 1.82) is 0 Å². The van der Waals surface area contributed by atoms with Crippen molar-refractivity contribution in [3.05, 3.63) is 59.9 Å². The van der Waals surface area contributed by atoms with Crippen molar-refractivity contribution in [3.63, 3.8) is 0 Å². The number of sulfonamides is 1. The van der Waals surface area contributed by atoms with E-state index in [-0.39, 0.29) is 18.0 Å². The minimum Gasteiger partial charge on any atom is -0.480 e. The van der Waals surface area contributed by atoms with E-state index in [0.717, 1.165) is 28.6 Å². The molecular weight excluding hydrogens is 399 g/mol. The number of para-hydroxylation sites is 1. The SMILES string of the molecule is CN(C1COc2c(c3ccccc3n2CC(=O)O)C1)S(=O)(=O)c1ccc(F)cc1. The lowest BCUT2D eigenvalue weighted by Gasteiger charge is -2.31. The van der Waals surface area contributed by atoms with Gasteiger partial charge in [0.05, 0.1) is 16.5 Å². The van der Waals surface area contributed by atoms with Gasteiger partial charge in [-0.3, -0.25) is 4.79 Å². The second-order valence-corrected chi connectivity index (χ2v) is 8.92. The largest absolute Gasteiger partial charge is 0.480 e. The third-order valence-corrected chi connectivity index (χ3v) is 7.10. The van der Waals surface area contributed by atoms with Crippen LogP contribution in [0.15, 0.2) is 53.4 Å². The minimum atomic E-state index is -3.84. The van der Waals surface area contributed by atoms with Crippen LogP contribution in [-0.2, 0) is 27.8 Å². The van der Waals surface area contributed by atoms with Gasteiger partial charge in [0.1, 0.15) is 19.0 Å². The number of rotatable bonds is 5. The zero-order chi connectivity index (χ0) is 20.8. The average Bonchev–Trinajstić information content (AvgIpc) is 3.00. The Bertz CT molecular complexity index is 1190. The molecule has 1 N–H and O–H groups in total. The van der Waals surface area contributed by atoms with Gasteiger partial charge < -0.3 is 14.4 Å². The summed E-state index contributed by atoms with van der Waals surface area (Å²) in [6.45, 7) is -0.163. The van der Waals surface area contributed by atoms with Gasteiger partial charge in [-0.1, -0.05) is 18.2 Å². The summed E-state index contributed by atoms with van der Waals surface area (Å²) in [5.41, 5.74) is 1.50. The van der Waals surface area contributed by atoms with E-state index in [1.807, 2.05) is 24.3 Å². The number of halogens is 1. The molecular formula is C20H19FN2O5S. The summed E-state index contributed by atoms with van der Waals surface area (Å²) in [6, 6.07) is 11.5. The van der Waals surface area contributed by atoms with Crippen LogP contribution in [0.4, 0.5) is 4.39 Å². The molecule has 0 radical (unpaired) electrons. The van der Waals surface area contributed by atoms with E-state index in [4.69, 9.17) is 4.74 Å². The van der Waals surface area contributed by atoms with Crippen molar-refractivity contribution in [1.82, 2.24) is 8.87 Å². The van der Waals surface area contributed by atoms with Crippen molar-refractivity contribution in [3.8, 4) is 5.88 Å². The zero-order valence-electron chi connectivity index (χ0n) is 15.6. The molecule has 2 aromatic carbocycles. The highest BCUT2D eigenvalue weighted by Gasteiger charge is 2.34. The molecule has 1 aliphatic heterocycles. The Labute approximate surface area is 167 Å². The molecule has 0 saturated heterocycles. The Morgan fingerprint density at radius 2 is 1.93 bits per heavy atom. The molecule has 152 valence electrons. The molecule has 0 fully saturated rings. The number of nitrogens with zero attached hydrogens (tertiary/aromatic N) is 2. The maximum Gasteiger partial charge on any atom is 0.323 e. The highest BCUT2D eigenvalue weighted by Crippen LogP contribution is 2.37. The fraction of sp³-hybridized carbons (Fsp3) is 0.250. The second kappa shape index (κ2) is 7.16. The normalized spacial score (nSPS) is 16.6. The molecule has 1 aromatic heterocycles. The van der Waals surface area contributed by atoms with Gasteiger partial charge in [-0.15, -0.1) is 0 Å². The molecule has 29 heavy (non-hydrogen) atoms. The van der Waals surface area contributed by atoms with Gasteiger partial charge in [0.25, 0.3) is 0 Å². The van der Waals surface area contributed by atoms with E-state index in [2.05, 4.69) is 0 Å². The van der Waals surface area contributed by atoms with Crippen LogP contribution in [0.1, 0.15) is 5.56 Å². The summed E-state index contributed by atoms with van der Waals surface area (Å²) in [4.78, 5) is 11.3. The van der Waals surface area contributed by atoms with Gasteiger partial charge in [0, 0.05) is 18.0 Å². The first-order valence-electron chi connectivity index (χ1n) is 8.97. The van der Waals surface area contributed by atoms with Gasteiger partial charge in [-0.2, -0.15) is 4.31 Å². The number of fused-ring (bicyclic) bond motifs is 3. The quantitative estimate of drug-likeness (QED) is 0.688. The van der Waals surface area contributed by atoms with Crippen LogP contribution in [0, 0.1) is 5.82 Å². The molecule has 2 heterocycles. The molecule has 0 saturated carbocycles. The monoisotopic (exact) mass is 418 g/mol. The van der Waals surface area contributed by atoms with Crippen molar-refractivity contribution in [2.45, 2.75) is 23.9 Å². The second-order valence-electron chi connectivity index (χ2n) is 6.92. The first-order valence-corrected chi connectivity index (χ1v) is 10.4. The van der Waals surface area contributed by atoms with Gasteiger partial charge in [-0.25, -0.2) is 12.8 Å². The smallest absolute Gasteiger partial charge is 0.323 e. The standard InChI is InChI=1S/C20H19FN2O5S/c1-22(29(26,27)15-8-6-13(21)7-9-15)14-10-17-16-4-2-3-5-18(16)23(11-19(24)25)20(17)28-12-14/h2-9,14H,10-12H2,1H3,(H,24,25). The van der Waals surface area contributed by atoms with E-state index in [1.54, 1.807) is 4.57 Å². The molecule has 0 bridgehead atoms. The van der Waals surface area contributed by atoms with Crippen LogP contribution < -0.4 is 4.74 Å². The maximum atomic E-state index is 13.2. The van der Waals surface area contributed by atoms with Gasteiger partial charge >= 0.3 is 5.97 Å². The summed E-state index contributed by atoms with van der Waals surface area (Å²) in [7, 11) is -2.37. The Kier molecular flexibility index (Phi) is 4.79. The van der Waals surface area contributed by atoms with Gasteiger partial charge in [0.15, 0.2) is 5.88 Å². The summed E-state index contributed by atoms with van der Waals surface area (Å²) in [5.74, 6) is -1.05. The van der Waals surface area contributed by atoms with Gasteiger partial charge in [0.2, 0.25) is 10.0 Å². The molecule has 1 unspecified atom stereocenters. The zero-order valence-corrected chi connectivity index (χ0v) is 16.4. The Morgan fingerprint density at radius 1 is 1.24 bits per heavy atom. The van der Waals surface area contributed by atoms with Crippen molar-refractivity contribution < 1.29 is 27.4 Å². The molecule has 1 atom stereocenters. The minimum absolute atomic E-state index is 0.000465. The predicted octanol–water partition coefficient (Wildman–Crippen LogP) is 2.49. The number of likely N-dealkylation sites (N-methyl/N-ethyl adjacent to an activating group) is 1. The summed E-state index contributed by atoms with van der Waals surface area (Å²) in [6.07, 6.45) is 0.374. The van der Waals surface area contributed by atoms with Gasteiger partial charge in [-0.05, 0) is 36.8 Å². The number of carboxylic acids is 1. The first-order chi connectivity index (χ1) is 13.8. The fourth-order valence-corrected chi connectivity index (χ4v) is 5.02.